The minimum absolute atomic E-state index is 0.0189. The Labute approximate surface area is 167 Å². The topological polar surface area (TPSA) is 73.9 Å². The Morgan fingerprint density at radius 1 is 1.07 bits per heavy atom. The third-order valence-corrected chi connectivity index (χ3v) is 3.99. The highest BCUT2D eigenvalue weighted by atomic mass is 19.3. The fourth-order valence-corrected chi connectivity index (χ4v) is 2.57. The minimum atomic E-state index is -3.03. The summed E-state index contributed by atoms with van der Waals surface area (Å²) in [6, 6.07) is 9.24. The van der Waals surface area contributed by atoms with E-state index in [-0.39, 0.29) is 23.7 Å². The highest BCUT2D eigenvalue weighted by Crippen LogP contribution is 2.30. The van der Waals surface area contributed by atoms with E-state index in [4.69, 9.17) is 9.47 Å². The molecule has 29 heavy (non-hydrogen) atoms. The molecule has 0 aliphatic rings. The van der Waals surface area contributed by atoms with Gasteiger partial charge in [-0.15, -0.1) is 0 Å². The molecule has 0 unspecified atom stereocenters. The largest absolute Gasteiger partial charge is 0.490 e. The summed E-state index contributed by atoms with van der Waals surface area (Å²) in [7, 11) is 0. The Hall–Kier alpha value is -3.16. The van der Waals surface area contributed by atoms with Gasteiger partial charge in [-0.05, 0) is 57.5 Å². The van der Waals surface area contributed by atoms with Crippen molar-refractivity contribution in [3.8, 4) is 11.5 Å². The molecule has 0 heterocycles. The van der Waals surface area contributed by atoms with Gasteiger partial charge in [-0.3, -0.25) is 4.79 Å². The number of halogens is 2. The third-order valence-electron chi connectivity index (χ3n) is 3.99. The summed E-state index contributed by atoms with van der Waals surface area (Å²) in [6.45, 7) is 4.06. The summed E-state index contributed by atoms with van der Waals surface area (Å²) in [4.78, 5) is 24.7. The summed E-state index contributed by atoms with van der Waals surface area (Å²) in [6.07, 6.45) is -1.07. The predicted molar refractivity (Wildman–Crippen MR) is 104 cm³/mol. The van der Waals surface area contributed by atoms with Crippen LogP contribution in [-0.4, -0.2) is 31.2 Å². The normalized spacial score (nSPS) is 11.7. The number of carbonyl (C=O) groups excluding carboxylic acids is 2. The summed E-state index contributed by atoms with van der Waals surface area (Å²) in [5.74, 6) is -1.50. The van der Waals surface area contributed by atoms with Gasteiger partial charge in [-0.2, -0.15) is 8.78 Å². The molecule has 2 aromatic rings. The van der Waals surface area contributed by atoms with Gasteiger partial charge < -0.3 is 19.5 Å². The van der Waals surface area contributed by atoms with Crippen LogP contribution in [0, 0.1) is 13.8 Å². The molecular weight excluding hydrogens is 384 g/mol. The van der Waals surface area contributed by atoms with Crippen LogP contribution in [0.3, 0.4) is 0 Å². The van der Waals surface area contributed by atoms with E-state index in [0.717, 1.165) is 11.1 Å². The van der Waals surface area contributed by atoms with E-state index in [0.29, 0.717) is 5.69 Å². The van der Waals surface area contributed by atoms with Gasteiger partial charge in [0.25, 0.3) is 5.91 Å². The quantitative estimate of drug-likeness (QED) is 0.653. The number of benzene rings is 2. The average Bonchev–Trinajstić information content (AvgIpc) is 2.65. The molecule has 6 nitrogen and oxygen atoms in total. The molecule has 0 aromatic heterocycles. The van der Waals surface area contributed by atoms with Crippen LogP contribution in [0.25, 0.3) is 0 Å². The number of aryl methyl sites for hydroxylation is 2. The van der Waals surface area contributed by atoms with E-state index < -0.39 is 24.6 Å². The first-order valence-electron chi connectivity index (χ1n) is 9.02. The second-order valence-electron chi connectivity index (χ2n) is 6.33. The Morgan fingerprint density at radius 2 is 1.79 bits per heavy atom. The first kappa shape index (κ1) is 22.1. The lowest BCUT2D eigenvalue weighted by Gasteiger charge is -2.16. The van der Waals surface area contributed by atoms with E-state index >= 15 is 0 Å². The molecule has 0 saturated heterocycles. The van der Waals surface area contributed by atoms with Crippen LogP contribution in [0.4, 0.5) is 14.5 Å². The Bertz CT molecular complexity index is 885. The fourth-order valence-electron chi connectivity index (χ4n) is 2.57. The van der Waals surface area contributed by atoms with Gasteiger partial charge in [-0.25, -0.2) is 4.79 Å². The molecule has 0 saturated carbocycles. The number of carbonyl (C=O) groups is 2. The standard InChI is InChI=1S/C21H23F2NO5/c1-5-27-18-11-15(7-9-17(18)29-21(22)23)20(26)28-14(4)19(25)24-16-8-6-12(2)10-13(16)3/h6-11,14,21H,5H2,1-4H3,(H,24,25)/t14-/m0/s1. The van der Waals surface area contributed by atoms with Crippen molar-refractivity contribution in [2.45, 2.75) is 40.4 Å². The second-order valence-corrected chi connectivity index (χ2v) is 6.33. The average molecular weight is 407 g/mol. The van der Waals surface area contributed by atoms with Crippen molar-refractivity contribution in [3.05, 3.63) is 53.1 Å². The van der Waals surface area contributed by atoms with Gasteiger partial charge in [-0.1, -0.05) is 17.7 Å². The number of hydrogen-bond acceptors (Lipinski definition) is 5. The maximum absolute atomic E-state index is 12.5. The molecule has 1 atom stereocenters. The van der Waals surface area contributed by atoms with Gasteiger partial charge in [0.2, 0.25) is 0 Å². The minimum Gasteiger partial charge on any atom is -0.490 e. The summed E-state index contributed by atoms with van der Waals surface area (Å²) in [5.41, 5.74) is 2.61. The molecule has 8 heteroatoms. The summed E-state index contributed by atoms with van der Waals surface area (Å²) >= 11 is 0. The number of alkyl halides is 2. The Morgan fingerprint density at radius 3 is 2.41 bits per heavy atom. The van der Waals surface area contributed by atoms with Crippen LogP contribution < -0.4 is 14.8 Å². The van der Waals surface area contributed by atoms with Crippen molar-refractivity contribution in [3.63, 3.8) is 0 Å². The Balaban J connectivity index is 2.07. The molecule has 0 radical (unpaired) electrons. The number of rotatable bonds is 8. The lowest BCUT2D eigenvalue weighted by Crippen LogP contribution is -2.30. The van der Waals surface area contributed by atoms with E-state index in [1.54, 1.807) is 13.0 Å². The fraction of sp³-hybridized carbons (Fsp3) is 0.333. The third kappa shape index (κ3) is 6.17. The molecule has 0 spiro atoms. The molecule has 2 aromatic carbocycles. The lowest BCUT2D eigenvalue weighted by atomic mass is 10.1. The van der Waals surface area contributed by atoms with Gasteiger partial charge in [0.05, 0.1) is 12.2 Å². The van der Waals surface area contributed by atoms with Crippen molar-refractivity contribution < 1.29 is 32.6 Å². The summed E-state index contributed by atoms with van der Waals surface area (Å²) < 4.78 is 39.7. The van der Waals surface area contributed by atoms with Crippen LogP contribution in [-0.2, 0) is 9.53 Å². The lowest BCUT2D eigenvalue weighted by molar-refractivity contribution is -0.123. The predicted octanol–water partition coefficient (Wildman–Crippen LogP) is 4.49. The zero-order valence-electron chi connectivity index (χ0n) is 16.6. The molecule has 1 N–H and O–H groups in total. The maximum Gasteiger partial charge on any atom is 0.387 e. The van der Waals surface area contributed by atoms with Gasteiger partial charge >= 0.3 is 12.6 Å². The number of anilines is 1. The van der Waals surface area contributed by atoms with E-state index in [2.05, 4.69) is 10.1 Å². The van der Waals surface area contributed by atoms with Gasteiger partial charge in [0.1, 0.15) is 0 Å². The van der Waals surface area contributed by atoms with E-state index in [1.807, 2.05) is 26.0 Å². The van der Waals surface area contributed by atoms with Crippen molar-refractivity contribution in [1.29, 1.82) is 0 Å². The first-order chi connectivity index (χ1) is 13.7. The molecule has 156 valence electrons. The van der Waals surface area contributed by atoms with Crippen molar-refractivity contribution in [2.75, 3.05) is 11.9 Å². The zero-order valence-corrected chi connectivity index (χ0v) is 16.6. The van der Waals surface area contributed by atoms with Crippen LogP contribution >= 0.6 is 0 Å². The molecule has 2 rings (SSSR count). The van der Waals surface area contributed by atoms with Crippen LogP contribution in [0.15, 0.2) is 36.4 Å². The van der Waals surface area contributed by atoms with Crippen LogP contribution in [0.1, 0.15) is 35.3 Å². The number of ether oxygens (including phenoxy) is 3. The van der Waals surface area contributed by atoms with Crippen LogP contribution in [0.2, 0.25) is 0 Å². The SMILES string of the molecule is CCOc1cc(C(=O)O[C@@H](C)C(=O)Nc2ccc(C)cc2C)ccc1OC(F)F. The van der Waals surface area contributed by atoms with E-state index in [1.165, 1.54) is 25.1 Å². The highest BCUT2D eigenvalue weighted by molar-refractivity contribution is 5.98. The highest BCUT2D eigenvalue weighted by Gasteiger charge is 2.21. The number of esters is 1. The maximum atomic E-state index is 12.5. The van der Waals surface area contributed by atoms with Crippen LogP contribution in [0.5, 0.6) is 11.5 Å². The van der Waals surface area contributed by atoms with Crippen molar-refractivity contribution in [1.82, 2.24) is 0 Å². The number of nitrogens with one attached hydrogen (secondary N) is 1. The second kappa shape index (κ2) is 9.86. The van der Waals surface area contributed by atoms with Gasteiger partial charge in [0, 0.05) is 5.69 Å². The van der Waals surface area contributed by atoms with Crippen molar-refractivity contribution >= 4 is 17.6 Å². The summed E-state index contributed by atoms with van der Waals surface area (Å²) in [5, 5.41) is 2.71. The Kier molecular flexibility index (Phi) is 7.52. The van der Waals surface area contributed by atoms with Crippen molar-refractivity contribution in [2.24, 2.45) is 0 Å². The number of hydrogen-bond donors (Lipinski definition) is 1. The molecule has 0 bridgehead atoms. The number of amides is 1. The molecular formula is C21H23F2NO5. The zero-order chi connectivity index (χ0) is 21.6. The molecule has 0 fully saturated rings. The monoisotopic (exact) mass is 407 g/mol. The molecule has 0 aliphatic heterocycles. The smallest absolute Gasteiger partial charge is 0.387 e. The molecule has 0 aliphatic carbocycles. The molecule has 1 amide bonds. The van der Waals surface area contributed by atoms with E-state index in [9.17, 15) is 18.4 Å². The van der Waals surface area contributed by atoms with Gasteiger partial charge in [0.15, 0.2) is 17.6 Å². The first-order valence-corrected chi connectivity index (χ1v) is 9.02.